The molecule has 2 N–H and O–H groups in total. The summed E-state index contributed by atoms with van der Waals surface area (Å²) in [5, 5.41) is 2.63. The molecule has 0 radical (unpaired) electrons. The summed E-state index contributed by atoms with van der Waals surface area (Å²) in [6.07, 6.45) is 0.0405. The smallest absolute Gasteiger partial charge is 0.417 e. The van der Waals surface area contributed by atoms with Crippen molar-refractivity contribution >= 4 is 17.2 Å². The van der Waals surface area contributed by atoms with E-state index in [1.165, 1.54) is 0 Å². The summed E-state index contributed by atoms with van der Waals surface area (Å²) in [5.41, 5.74) is 1.35. The van der Waals surface area contributed by atoms with E-state index in [1.54, 1.807) is 18.2 Å². The molecule has 2 rings (SSSR count). The van der Waals surface area contributed by atoms with Crippen molar-refractivity contribution in [2.24, 2.45) is 0 Å². The van der Waals surface area contributed by atoms with Crippen molar-refractivity contribution in [2.75, 3.05) is 6.54 Å². The number of benzene rings is 1. The van der Waals surface area contributed by atoms with Gasteiger partial charge < -0.3 is 14.5 Å². The number of H-pyrrole nitrogens is 1. The second-order valence-electron chi connectivity index (χ2n) is 5.71. The van der Waals surface area contributed by atoms with Gasteiger partial charge in [0.2, 0.25) is 0 Å². The van der Waals surface area contributed by atoms with Crippen LogP contribution in [0.1, 0.15) is 32.8 Å². The summed E-state index contributed by atoms with van der Waals surface area (Å²) in [6.45, 7) is 5.83. The van der Waals surface area contributed by atoms with Crippen molar-refractivity contribution in [3.8, 4) is 11.8 Å². The van der Waals surface area contributed by atoms with Crippen LogP contribution in [0, 0.1) is 11.8 Å². The molecule has 0 spiro atoms. The van der Waals surface area contributed by atoms with Gasteiger partial charge in [-0.05, 0) is 39.0 Å². The third-order valence-electron chi connectivity index (χ3n) is 2.57. The number of carbonyl (C=O) groups is 1. The Balaban J connectivity index is 1.85. The highest BCUT2D eigenvalue weighted by Gasteiger charge is 2.15. The molecule has 0 aliphatic heterocycles. The molecule has 0 aliphatic rings. The molecule has 116 valence electrons. The zero-order valence-electron chi connectivity index (χ0n) is 12.8. The van der Waals surface area contributed by atoms with Crippen molar-refractivity contribution in [3.05, 3.63) is 34.3 Å². The Bertz CT molecular complexity index is 784. The van der Waals surface area contributed by atoms with Crippen LogP contribution in [0.2, 0.25) is 0 Å². The van der Waals surface area contributed by atoms with E-state index in [0.717, 1.165) is 5.56 Å². The summed E-state index contributed by atoms with van der Waals surface area (Å²) in [6, 6.07) is 5.23. The van der Waals surface area contributed by atoms with Crippen molar-refractivity contribution in [1.29, 1.82) is 0 Å². The fourth-order valence-electron chi connectivity index (χ4n) is 1.73. The quantitative estimate of drug-likeness (QED) is 0.659. The Hall–Kier alpha value is -2.68. The van der Waals surface area contributed by atoms with E-state index in [1.807, 2.05) is 20.8 Å². The molecule has 6 nitrogen and oxygen atoms in total. The Morgan fingerprint density at radius 3 is 2.91 bits per heavy atom. The fourth-order valence-corrected chi connectivity index (χ4v) is 1.73. The van der Waals surface area contributed by atoms with Gasteiger partial charge in [-0.1, -0.05) is 11.8 Å². The minimum atomic E-state index is -0.508. The lowest BCUT2D eigenvalue weighted by molar-refractivity contribution is 0.0529. The van der Waals surface area contributed by atoms with Gasteiger partial charge in [0.15, 0.2) is 5.58 Å². The number of carbonyl (C=O) groups excluding carboxylic acids is 1. The Labute approximate surface area is 127 Å². The number of aromatic nitrogens is 1. The number of rotatable bonds is 2. The van der Waals surface area contributed by atoms with E-state index in [4.69, 9.17) is 9.15 Å². The van der Waals surface area contributed by atoms with Gasteiger partial charge in [0.1, 0.15) is 5.60 Å². The largest absolute Gasteiger partial charge is 0.444 e. The molecule has 1 aromatic carbocycles. The van der Waals surface area contributed by atoms with Gasteiger partial charge in [-0.3, -0.25) is 4.98 Å². The molecule has 0 saturated heterocycles. The zero-order valence-corrected chi connectivity index (χ0v) is 12.8. The first-order chi connectivity index (χ1) is 10.3. The Kier molecular flexibility index (Phi) is 4.56. The SMILES string of the molecule is CC(C)(C)OC(=O)NCCC#Cc1ccc2[nH]c(=O)oc2c1. The number of fused-ring (bicyclic) bond motifs is 1. The lowest BCUT2D eigenvalue weighted by Crippen LogP contribution is -2.32. The van der Waals surface area contributed by atoms with Gasteiger partial charge in [0, 0.05) is 18.5 Å². The molecule has 1 heterocycles. The third kappa shape index (κ3) is 4.70. The molecule has 0 bridgehead atoms. The molecule has 0 aliphatic carbocycles. The highest BCUT2D eigenvalue weighted by atomic mass is 16.6. The highest BCUT2D eigenvalue weighted by Crippen LogP contribution is 2.11. The topological polar surface area (TPSA) is 84.3 Å². The molecular weight excluding hydrogens is 284 g/mol. The van der Waals surface area contributed by atoms with Crippen LogP contribution >= 0.6 is 0 Å². The summed E-state index contributed by atoms with van der Waals surface area (Å²) in [4.78, 5) is 25.0. The second-order valence-corrected chi connectivity index (χ2v) is 5.71. The van der Waals surface area contributed by atoms with Gasteiger partial charge in [0.05, 0.1) is 5.52 Å². The van der Waals surface area contributed by atoms with Crippen molar-refractivity contribution in [2.45, 2.75) is 32.8 Å². The number of aromatic amines is 1. The lowest BCUT2D eigenvalue weighted by atomic mass is 10.2. The van der Waals surface area contributed by atoms with Crippen LogP contribution < -0.4 is 11.1 Å². The zero-order chi connectivity index (χ0) is 16.2. The maximum absolute atomic E-state index is 11.4. The first-order valence-corrected chi connectivity index (χ1v) is 6.92. The van der Waals surface area contributed by atoms with Crippen LogP contribution in [0.5, 0.6) is 0 Å². The third-order valence-corrected chi connectivity index (χ3v) is 2.57. The average molecular weight is 302 g/mol. The van der Waals surface area contributed by atoms with Crippen LogP contribution in [0.25, 0.3) is 11.1 Å². The minimum Gasteiger partial charge on any atom is -0.444 e. The van der Waals surface area contributed by atoms with Crippen molar-refractivity contribution < 1.29 is 13.9 Å². The minimum absolute atomic E-state index is 0.406. The van der Waals surface area contributed by atoms with Crippen LogP contribution in [-0.2, 0) is 4.74 Å². The number of nitrogens with one attached hydrogen (secondary N) is 2. The van der Waals surface area contributed by atoms with Gasteiger partial charge in [-0.15, -0.1) is 0 Å². The predicted octanol–water partition coefficient (Wildman–Crippen LogP) is 2.39. The monoisotopic (exact) mass is 302 g/mol. The molecule has 0 fully saturated rings. The van der Waals surface area contributed by atoms with E-state index in [0.29, 0.717) is 24.1 Å². The Morgan fingerprint density at radius 2 is 2.18 bits per heavy atom. The van der Waals surface area contributed by atoms with Gasteiger partial charge in [-0.25, -0.2) is 9.59 Å². The maximum atomic E-state index is 11.4. The molecule has 2 aromatic rings. The molecular formula is C16H18N2O4. The lowest BCUT2D eigenvalue weighted by Gasteiger charge is -2.19. The van der Waals surface area contributed by atoms with Crippen molar-refractivity contribution in [1.82, 2.24) is 10.3 Å². The van der Waals surface area contributed by atoms with Crippen LogP contribution in [0.3, 0.4) is 0 Å². The summed E-state index contributed by atoms with van der Waals surface area (Å²) in [7, 11) is 0. The maximum Gasteiger partial charge on any atom is 0.417 e. The number of amides is 1. The van der Waals surface area contributed by atoms with E-state index in [2.05, 4.69) is 22.1 Å². The first-order valence-electron chi connectivity index (χ1n) is 6.92. The van der Waals surface area contributed by atoms with Crippen LogP contribution in [-0.4, -0.2) is 23.2 Å². The van der Waals surface area contributed by atoms with E-state index in [-0.39, 0.29) is 0 Å². The molecule has 0 unspecified atom stereocenters. The second kappa shape index (κ2) is 6.39. The molecule has 0 saturated carbocycles. The highest BCUT2D eigenvalue weighted by molar-refractivity contribution is 5.73. The standard InChI is InChI=1S/C16H18N2O4/c1-16(2,3)22-14(19)17-9-5-4-6-11-7-8-12-13(10-11)21-15(20)18-12/h7-8,10H,5,9H2,1-3H3,(H,17,19)(H,18,20). The molecule has 1 aromatic heterocycles. The van der Waals surface area contributed by atoms with Crippen molar-refractivity contribution in [3.63, 3.8) is 0 Å². The molecule has 1 amide bonds. The van der Waals surface area contributed by atoms with Crippen LogP contribution in [0.15, 0.2) is 27.4 Å². The number of hydrogen-bond donors (Lipinski definition) is 2. The number of alkyl carbamates (subject to hydrolysis) is 1. The number of oxazole rings is 1. The molecule has 6 heteroatoms. The molecule has 22 heavy (non-hydrogen) atoms. The fraction of sp³-hybridized carbons (Fsp3) is 0.375. The number of ether oxygens (including phenoxy) is 1. The van der Waals surface area contributed by atoms with E-state index >= 15 is 0 Å². The normalized spacial score (nSPS) is 10.9. The summed E-state index contributed by atoms with van der Waals surface area (Å²) < 4.78 is 10.1. The van der Waals surface area contributed by atoms with Gasteiger partial charge >= 0.3 is 11.8 Å². The van der Waals surface area contributed by atoms with E-state index < -0.39 is 17.5 Å². The predicted molar refractivity (Wildman–Crippen MR) is 82.6 cm³/mol. The Morgan fingerprint density at radius 1 is 1.41 bits per heavy atom. The first kappa shape index (κ1) is 15.7. The number of hydrogen-bond acceptors (Lipinski definition) is 4. The van der Waals surface area contributed by atoms with Gasteiger partial charge in [0.25, 0.3) is 0 Å². The van der Waals surface area contributed by atoms with Crippen LogP contribution in [0.4, 0.5) is 4.79 Å². The summed E-state index contributed by atoms with van der Waals surface area (Å²) >= 11 is 0. The molecule has 0 atom stereocenters. The average Bonchev–Trinajstić information content (AvgIpc) is 2.75. The van der Waals surface area contributed by atoms with E-state index in [9.17, 15) is 9.59 Å². The summed E-state index contributed by atoms with van der Waals surface area (Å²) in [5.74, 6) is 5.41. The van der Waals surface area contributed by atoms with Gasteiger partial charge in [-0.2, -0.15) is 0 Å².